The number of aromatic nitrogens is 4. The van der Waals surface area contributed by atoms with Crippen molar-refractivity contribution in [2.75, 3.05) is 6.61 Å². The molecule has 8 nitrogen and oxygen atoms in total. The van der Waals surface area contributed by atoms with Gasteiger partial charge in [0.25, 0.3) is 0 Å². The molecular formula is C19H21N5O3. The number of carbonyl (C=O) groups is 1. The summed E-state index contributed by atoms with van der Waals surface area (Å²) in [5.74, 6) is -0.431. The highest BCUT2D eigenvalue weighted by Crippen LogP contribution is 2.44. The Labute approximate surface area is 156 Å². The zero-order chi connectivity index (χ0) is 18.8. The van der Waals surface area contributed by atoms with Gasteiger partial charge in [0.15, 0.2) is 5.82 Å². The SMILES string of the molecule is CCCCC1=Nc2[nH]ncc2C(c2cccc3nonc23)C1C(=O)OCC. The van der Waals surface area contributed by atoms with Crippen LogP contribution in [0.3, 0.4) is 0 Å². The second kappa shape index (κ2) is 7.30. The van der Waals surface area contributed by atoms with E-state index in [1.807, 2.05) is 25.1 Å². The fourth-order valence-corrected chi connectivity index (χ4v) is 3.69. The number of esters is 1. The van der Waals surface area contributed by atoms with Crippen molar-refractivity contribution in [1.82, 2.24) is 20.5 Å². The number of aliphatic imine (C=N–C) groups is 1. The van der Waals surface area contributed by atoms with Crippen LogP contribution < -0.4 is 0 Å². The Bertz CT molecular complexity index is 990. The largest absolute Gasteiger partial charge is 0.465 e. The fourth-order valence-electron chi connectivity index (χ4n) is 3.69. The summed E-state index contributed by atoms with van der Waals surface area (Å²) in [7, 11) is 0. The van der Waals surface area contributed by atoms with Crippen LogP contribution in [0.2, 0.25) is 0 Å². The van der Waals surface area contributed by atoms with Gasteiger partial charge in [0.1, 0.15) is 17.0 Å². The molecule has 1 aromatic carbocycles. The first-order chi connectivity index (χ1) is 13.2. The Morgan fingerprint density at radius 2 is 2.15 bits per heavy atom. The number of benzene rings is 1. The van der Waals surface area contributed by atoms with E-state index in [-0.39, 0.29) is 11.9 Å². The summed E-state index contributed by atoms with van der Waals surface area (Å²) in [4.78, 5) is 17.7. The van der Waals surface area contributed by atoms with Gasteiger partial charge in [0.2, 0.25) is 0 Å². The third-order valence-electron chi connectivity index (χ3n) is 4.91. The molecule has 0 aliphatic carbocycles. The number of ether oxygens (including phenoxy) is 1. The Morgan fingerprint density at radius 3 is 2.96 bits per heavy atom. The zero-order valence-corrected chi connectivity index (χ0v) is 15.3. The predicted octanol–water partition coefficient (Wildman–Crippen LogP) is 3.53. The molecule has 8 heteroatoms. The molecule has 2 unspecified atom stereocenters. The van der Waals surface area contributed by atoms with Crippen molar-refractivity contribution in [3.05, 3.63) is 35.5 Å². The first-order valence-electron chi connectivity index (χ1n) is 9.23. The van der Waals surface area contributed by atoms with Crippen LogP contribution in [0.1, 0.15) is 50.2 Å². The number of rotatable bonds is 6. The predicted molar refractivity (Wildman–Crippen MR) is 99.0 cm³/mol. The van der Waals surface area contributed by atoms with Crippen LogP contribution in [0.15, 0.2) is 34.0 Å². The lowest BCUT2D eigenvalue weighted by Crippen LogP contribution is -2.34. The van der Waals surface area contributed by atoms with Crippen LogP contribution in [-0.4, -0.2) is 38.8 Å². The maximum absolute atomic E-state index is 13.0. The monoisotopic (exact) mass is 367 g/mol. The Kier molecular flexibility index (Phi) is 4.70. The van der Waals surface area contributed by atoms with E-state index in [4.69, 9.17) is 14.4 Å². The van der Waals surface area contributed by atoms with E-state index in [2.05, 4.69) is 27.4 Å². The van der Waals surface area contributed by atoms with Crippen LogP contribution in [0.25, 0.3) is 11.0 Å². The molecule has 0 radical (unpaired) electrons. The Hall–Kier alpha value is -3.03. The molecule has 1 aliphatic heterocycles. The topological polar surface area (TPSA) is 106 Å². The molecule has 2 atom stereocenters. The first kappa shape index (κ1) is 17.4. The molecule has 0 spiro atoms. The summed E-state index contributed by atoms with van der Waals surface area (Å²) in [6, 6.07) is 5.67. The summed E-state index contributed by atoms with van der Waals surface area (Å²) >= 11 is 0. The number of hydrogen-bond acceptors (Lipinski definition) is 7. The van der Waals surface area contributed by atoms with E-state index in [0.717, 1.165) is 36.1 Å². The van der Waals surface area contributed by atoms with Crippen LogP contribution >= 0.6 is 0 Å². The maximum Gasteiger partial charge on any atom is 0.315 e. The summed E-state index contributed by atoms with van der Waals surface area (Å²) in [5.41, 5.74) is 3.81. The van der Waals surface area contributed by atoms with Gasteiger partial charge >= 0.3 is 5.97 Å². The second-order valence-electron chi connectivity index (χ2n) is 6.57. The highest BCUT2D eigenvalue weighted by atomic mass is 16.6. The molecule has 3 heterocycles. The van der Waals surface area contributed by atoms with Crippen LogP contribution in [0.5, 0.6) is 0 Å². The molecule has 0 bridgehead atoms. The summed E-state index contributed by atoms with van der Waals surface area (Å²) < 4.78 is 10.3. The van der Waals surface area contributed by atoms with Crippen molar-refractivity contribution in [1.29, 1.82) is 0 Å². The normalized spacial score (nSPS) is 19.0. The standard InChI is InChI=1S/C19H21N5O3/c1-3-5-8-13-16(19(25)26-4-2)15(12-10-20-22-18(12)21-13)11-7-6-9-14-17(11)24-27-23-14/h6-7,9-10,15-16H,3-5,8H2,1-2H3,(H,20,22). The van der Waals surface area contributed by atoms with Crippen LogP contribution in [0.4, 0.5) is 5.82 Å². The number of nitrogens with one attached hydrogen (secondary N) is 1. The second-order valence-corrected chi connectivity index (χ2v) is 6.57. The minimum Gasteiger partial charge on any atom is -0.465 e. The molecule has 0 saturated carbocycles. The molecule has 0 saturated heterocycles. The van der Waals surface area contributed by atoms with E-state index in [1.165, 1.54) is 0 Å². The lowest BCUT2D eigenvalue weighted by Gasteiger charge is -2.30. The molecule has 27 heavy (non-hydrogen) atoms. The van der Waals surface area contributed by atoms with Gasteiger partial charge in [0, 0.05) is 17.2 Å². The molecule has 140 valence electrons. The van der Waals surface area contributed by atoms with Crippen molar-refractivity contribution in [3.63, 3.8) is 0 Å². The van der Waals surface area contributed by atoms with Gasteiger partial charge in [-0.05, 0) is 41.7 Å². The number of carbonyl (C=O) groups excluding carboxylic acids is 1. The van der Waals surface area contributed by atoms with Crippen molar-refractivity contribution in [2.24, 2.45) is 10.9 Å². The average Bonchev–Trinajstić information content (AvgIpc) is 3.33. The number of hydrogen-bond donors (Lipinski definition) is 1. The van der Waals surface area contributed by atoms with Gasteiger partial charge in [-0.2, -0.15) is 5.10 Å². The van der Waals surface area contributed by atoms with Crippen molar-refractivity contribution in [2.45, 2.75) is 39.0 Å². The molecular weight excluding hydrogens is 346 g/mol. The summed E-state index contributed by atoms with van der Waals surface area (Å²) in [6.07, 6.45) is 4.40. The first-order valence-corrected chi connectivity index (χ1v) is 9.23. The van der Waals surface area contributed by atoms with Gasteiger partial charge in [-0.15, -0.1) is 0 Å². The van der Waals surface area contributed by atoms with Gasteiger partial charge in [-0.1, -0.05) is 25.5 Å². The zero-order valence-electron chi connectivity index (χ0n) is 15.3. The van der Waals surface area contributed by atoms with Crippen molar-refractivity contribution in [3.8, 4) is 0 Å². The number of H-pyrrole nitrogens is 1. The highest BCUT2D eigenvalue weighted by molar-refractivity contribution is 6.06. The highest BCUT2D eigenvalue weighted by Gasteiger charge is 2.42. The van der Waals surface area contributed by atoms with Crippen molar-refractivity contribution < 1.29 is 14.2 Å². The van der Waals surface area contributed by atoms with Crippen LogP contribution in [-0.2, 0) is 9.53 Å². The third kappa shape index (κ3) is 3.01. The van der Waals surface area contributed by atoms with Gasteiger partial charge in [-0.25, -0.2) is 9.62 Å². The third-order valence-corrected chi connectivity index (χ3v) is 4.91. The Morgan fingerprint density at radius 1 is 1.26 bits per heavy atom. The lowest BCUT2D eigenvalue weighted by atomic mass is 9.75. The summed E-state index contributed by atoms with van der Waals surface area (Å²) in [6.45, 7) is 4.24. The summed E-state index contributed by atoms with van der Waals surface area (Å²) in [5, 5.41) is 15.1. The van der Waals surface area contributed by atoms with E-state index >= 15 is 0 Å². The van der Waals surface area contributed by atoms with Crippen LogP contribution in [0, 0.1) is 5.92 Å². The van der Waals surface area contributed by atoms with Crippen molar-refractivity contribution >= 4 is 28.5 Å². The average molecular weight is 367 g/mol. The van der Waals surface area contributed by atoms with E-state index in [9.17, 15) is 4.79 Å². The number of aromatic amines is 1. The molecule has 1 N–H and O–H groups in total. The molecule has 0 fully saturated rings. The maximum atomic E-state index is 13.0. The molecule has 3 aromatic rings. The Balaban J connectivity index is 1.89. The van der Waals surface area contributed by atoms with E-state index in [0.29, 0.717) is 23.5 Å². The number of nitrogens with zero attached hydrogens (tertiary/aromatic N) is 4. The van der Waals surface area contributed by atoms with Gasteiger partial charge in [-0.3, -0.25) is 9.89 Å². The number of fused-ring (bicyclic) bond motifs is 2. The minimum absolute atomic E-state index is 0.280. The van der Waals surface area contributed by atoms with E-state index in [1.54, 1.807) is 6.20 Å². The number of unbranched alkanes of at least 4 members (excludes halogenated alkanes) is 1. The molecule has 4 rings (SSSR count). The van der Waals surface area contributed by atoms with Gasteiger partial charge in [0.05, 0.1) is 12.8 Å². The quantitative estimate of drug-likeness (QED) is 0.668. The molecule has 1 aliphatic rings. The lowest BCUT2D eigenvalue weighted by molar-refractivity contribution is -0.146. The molecule has 2 aromatic heterocycles. The van der Waals surface area contributed by atoms with E-state index < -0.39 is 5.92 Å². The fraction of sp³-hybridized carbons (Fsp3) is 0.421. The molecule has 0 amide bonds. The van der Waals surface area contributed by atoms with Gasteiger partial charge < -0.3 is 4.74 Å². The smallest absolute Gasteiger partial charge is 0.315 e. The minimum atomic E-state index is -0.524.